The molecule has 1 unspecified atom stereocenters. The largest absolute Gasteiger partial charge is 0.330 e. The molecule has 0 saturated heterocycles. The van der Waals surface area contributed by atoms with Gasteiger partial charge in [-0.3, -0.25) is 0 Å². The third kappa shape index (κ3) is 3.32. The van der Waals surface area contributed by atoms with E-state index < -0.39 is 0 Å². The van der Waals surface area contributed by atoms with Crippen molar-refractivity contribution in [3.05, 3.63) is 34.3 Å². The zero-order valence-corrected chi connectivity index (χ0v) is 12.0. The molecule has 1 aliphatic rings. The molecule has 2 rings (SSSR count). The molecule has 0 spiro atoms. The van der Waals surface area contributed by atoms with Gasteiger partial charge in [0, 0.05) is 10.4 Å². The molecular formula is C15H22BrN. The topological polar surface area (TPSA) is 26.0 Å². The van der Waals surface area contributed by atoms with Crippen molar-refractivity contribution in [3.63, 3.8) is 0 Å². The molecule has 1 atom stereocenters. The second kappa shape index (κ2) is 6.55. The van der Waals surface area contributed by atoms with Gasteiger partial charge in [0.15, 0.2) is 0 Å². The van der Waals surface area contributed by atoms with Crippen LogP contribution < -0.4 is 5.73 Å². The van der Waals surface area contributed by atoms with E-state index in [0.29, 0.717) is 5.92 Å². The highest BCUT2D eigenvalue weighted by Crippen LogP contribution is 2.37. The predicted octanol–water partition coefficient (Wildman–Crippen LogP) is 4.46. The molecule has 2 N–H and O–H groups in total. The van der Waals surface area contributed by atoms with E-state index in [2.05, 4.69) is 40.2 Å². The molecule has 0 heterocycles. The first-order valence-electron chi connectivity index (χ1n) is 6.77. The summed E-state index contributed by atoms with van der Waals surface area (Å²) < 4.78 is 1.22. The average molecular weight is 296 g/mol. The Bertz CT molecular complexity index is 343. The van der Waals surface area contributed by atoms with Crippen LogP contribution in [0.5, 0.6) is 0 Å². The van der Waals surface area contributed by atoms with Crippen LogP contribution in [0.15, 0.2) is 28.7 Å². The lowest BCUT2D eigenvalue weighted by Gasteiger charge is -2.26. The first-order chi connectivity index (χ1) is 8.33. The van der Waals surface area contributed by atoms with E-state index in [9.17, 15) is 0 Å². The fraction of sp³-hybridized carbons (Fsp3) is 0.600. The maximum Gasteiger partial charge on any atom is 0.0210 e. The van der Waals surface area contributed by atoms with Gasteiger partial charge in [0.2, 0.25) is 0 Å². The van der Waals surface area contributed by atoms with Crippen LogP contribution in [0.1, 0.15) is 50.0 Å². The zero-order valence-electron chi connectivity index (χ0n) is 10.4. The summed E-state index contributed by atoms with van der Waals surface area (Å²) in [6.07, 6.45) is 8.27. The van der Waals surface area contributed by atoms with Crippen molar-refractivity contribution >= 4 is 15.9 Å². The Morgan fingerprint density at radius 2 is 1.76 bits per heavy atom. The third-order valence-corrected chi connectivity index (χ3v) is 4.75. The maximum atomic E-state index is 6.03. The van der Waals surface area contributed by atoms with Gasteiger partial charge >= 0.3 is 0 Å². The molecule has 1 aromatic rings. The minimum Gasteiger partial charge on any atom is -0.330 e. The molecule has 1 saturated carbocycles. The van der Waals surface area contributed by atoms with Gasteiger partial charge in [-0.2, -0.15) is 0 Å². The molecule has 1 nitrogen and oxygen atoms in total. The van der Waals surface area contributed by atoms with E-state index >= 15 is 0 Å². The maximum absolute atomic E-state index is 6.03. The minimum absolute atomic E-state index is 0.531. The number of benzene rings is 1. The van der Waals surface area contributed by atoms with Gasteiger partial charge < -0.3 is 5.73 Å². The summed E-state index contributed by atoms with van der Waals surface area (Å²) in [5.74, 6) is 1.31. The molecule has 0 radical (unpaired) electrons. The smallest absolute Gasteiger partial charge is 0.0210 e. The van der Waals surface area contributed by atoms with Gasteiger partial charge in [-0.15, -0.1) is 0 Å². The monoisotopic (exact) mass is 295 g/mol. The molecule has 1 aromatic carbocycles. The molecular weight excluding hydrogens is 274 g/mol. The van der Waals surface area contributed by atoms with Crippen LogP contribution in [-0.4, -0.2) is 6.54 Å². The average Bonchev–Trinajstić information content (AvgIpc) is 2.62. The number of rotatable bonds is 3. The van der Waals surface area contributed by atoms with E-state index in [0.717, 1.165) is 12.5 Å². The fourth-order valence-electron chi connectivity index (χ4n) is 3.06. The normalized spacial score (nSPS) is 19.9. The SMILES string of the molecule is NCC(c1ccccc1Br)C1CCCCCC1. The van der Waals surface area contributed by atoms with Crippen LogP contribution >= 0.6 is 15.9 Å². The molecule has 1 fully saturated rings. The van der Waals surface area contributed by atoms with E-state index in [4.69, 9.17) is 5.73 Å². The summed E-state index contributed by atoms with van der Waals surface area (Å²) in [6, 6.07) is 8.56. The first kappa shape index (κ1) is 13.1. The number of hydrogen-bond donors (Lipinski definition) is 1. The van der Waals surface area contributed by atoms with Gasteiger partial charge in [0.1, 0.15) is 0 Å². The van der Waals surface area contributed by atoms with Crippen LogP contribution in [0, 0.1) is 5.92 Å². The Balaban J connectivity index is 2.17. The van der Waals surface area contributed by atoms with Crippen LogP contribution in [-0.2, 0) is 0 Å². The summed E-state index contributed by atoms with van der Waals surface area (Å²) in [4.78, 5) is 0. The van der Waals surface area contributed by atoms with Crippen LogP contribution in [0.4, 0.5) is 0 Å². The first-order valence-corrected chi connectivity index (χ1v) is 7.56. The second-order valence-corrected chi connectivity index (χ2v) is 5.97. The molecule has 0 bridgehead atoms. The van der Waals surface area contributed by atoms with Crippen molar-refractivity contribution in [2.75, 3.05) is 6.54 Å². The molecule has 17 heavy (non-hydrogen) atoms. The molecule has 0 amide bonds. The molecule has 94 valence electrons. The van der Waals surface area contributed by atoms with Gasteiger partial charge in [-0.1, -0.05) is 59.8 Å². The van der Waals surface area contributed by atoms with Crippen molar-refractivity contribution in [2.45, 2.75) is 44.4 Å². The Morgan fingerprint density at radius 3 is 2.35 bits per heavy atom. The molecule has 1 aliphatic carbocycles. The quantitative estimate of drug-likeness (QED) is 0.819. The molecule has 2 heteroatoms. The lowest BCUT2D eigenvalue weighted by molar-refractivity contribution is 0.379. The summed E-state index contributed by atoms with van der Waals surface area (Å²) in [7, 11) is 0. The van der Waals surface area contributed by atoms with Crippen LogP contribution in [0.25, 0.3) is 0 Å². The van der Waals surface area contributed by atoms with Gasteiger partial charge in [-0.25, -0.2) is 0 Å². The van der Waals surface area contributed by atoms with Crippen molar-refractivity contribution in [3.8, 4) is 0 Å². The third-order valence-electron chi connectivity index (χ3n) is 4.03. The Labute approximate surface area is 113 Å². The van der Waals surface area contributed by atoms with Gasteiger partial charge in [0.25, 0.3) is 0 Å². The van der Waals surface area contributed by atoms with Crippen LogP contribution in [0.2, 0.25) is 0 Å². The Hall–Kier alpha value is -0.340. The summed E-state index contributed by atoms with van der Waals surface area (Å²) in [5.41, 5.74) is 7.44. The van der Waals surface area contributed by atoms with Crippen LogP contribution in [0.3, 0.4) is 0 Å². The minimum atomic E-state index is 0.531. The fourth-order valence-corrected chi connectivity index (χ4v) is 3.64. The zero-order chi connectivity index (χ0) is 12.1. The van der Waals surface area contributed by atoms with E-state index in [1.165, 1.54) is 48.6 Å². The van der Waals surface area contributed by atoms with Crippen molar-refractivity contribution in [1.82, 2.24) is 0 Å². The summed E-state index contributed by atoms with van der Waals surface area (Å²) in [6.45, 7) is 0.771. The van der Waals surface area contributed by atoms with Crippen molar-refractivity contribution in [1.29, 1.82) is 0 Å². The van der Waals surface area contributed by atoms with Gasteiger partial charge in [-0.05, 0) is 36.9 Å². The lowest BCUT2D eigenvalue weighted by Crippen LogP contribution is -2.21. The number of nitrogens with two attached hydrogens (primary N) is 1. The van der Waals surface area contributed by atoms with E-state index in [1.807, 2.05) is 0 Å². The second-order valence-electron chi connectivity index (χ2n) is 5.12. The Morgan fingerprint density at radius 1 is 1.12 bits per heavy atom. The summed E-state index contributed by atoms with van der Waals surface area (Å²) in [5, 5.41) is 0. The van der Waals surface area contributed by atoms with Crippen molar-refractivity contribution in [2.24, 2.45) is 11.7 Å². The molecule has 0 aromatic heterocycles. The number of hydrogen-bond acceptors (Lipinski definition) is 1. The Kier molecular flexibility index (Phi) is 5.05. The number of halogens is 1. The van der Waals surface area contributed by atoms with E-state index in [1.54, 1.807) is 0 Å². The van der Waals surface area contributed by atoms with Gasteiger partial charge in [0.05, 0.1) is 0 Å². The highest BCUT2D eigenvalue weighted by atomic mass is 79.9. The standard InChI is InChI=1S/C15H22BrN/c16-15-10-6-5-9-13(15)14(11-17)12-7-3-1-2-4-8-12/h5-6,9-10,12,14H,1-4,7-8,11,17H2. The lowest BCUT2D eigenvalue weighted by atomic mass is 9.81. The van der Waals surface area contributed by atoms with Crippen molar-refractivity contribution < 1.29 is 0 Å². The summed E-state index contributed by atoms with van der Waals surface area (Å²) >= 11 is 3.67. The molecule has 0 aliphatic heterocycles. The van der Waals surface area contributed by atoms with E-state index in [-0.39, 0.29) is 0 Å². The highest BCUT2D eigenvalue weighted by Gasteiger charge is 2.24. The predicted molar refractivity (Wildman–Crippen MR) is 77.1 cm³/mol. The highest BCUT2D eigenvalue weighted by molar-refractivity contribution is 9.10.